The quantitative estimate of drug-likeness (QED) is 0.255. The van der Waals surface area contributed by atoms with Gasteiger partial charge in [0.1, 0.15) is 11.9 Å². The Labute approximate surface area is 227 Å². The molecule has 0 saturated carbocycles. The standard InChI is InChI=1S/C29H34ClFN2O3S/c1-20-5-3-4-6-26(20)37-16-15-33-13-11-29(12-14-33,18-27(34)35)10-9-24(31)28-22-17-21(36-2)7-8-25(22)32-19-23(28)30/h3-8,17,19,24H,9-16,18H2,1-2H3,(H,34,35)/t24-/m0/s1. The Morgan fingerprint density at radius 2 is 2.03 bits per heavy atom. The average Bonchev–Trinajstić information content (AvgIpc) is 2.89. The van der Waals surface area contributed by atoms with Crippen molar-refractivity contribution >= 4 is 40.2 Å². The van der Waals surface area contributed by atoms with Crippen LogP contribution in [0, 0.1) is 12.3 Å². The van der Waals surface area contributed by atoms with Crippen LogP contribution in [0.5, 0.6) is 5.75 Å². The van der Waals surface area contributed by atoms with Gasteiger partial charge in [0.05, 0.1) is 24.1 Å². The highest BCUT2D eigenvalue weighted by atomic mass is 35.5. The van der Waals surface area contributed by atoms with E-state index < -0.39 is 17.6 Å². The van der Waals surface area contributed by atoms with Gasteiger partial charge in [0, 0.05) is 34.3 Å². The maximum atomic E-state index is 15.7. The van der Waals surface area contributed by atoms with Crippen molar-refractivity contribution in [2.45, 2.75) is 50.1 Å². The first-order valence-electron chi connectivity index (χ1n) is 12.7. The molecule has 4 rings (SSSR count). The number of pyridine rings is 1. The number of thioether (sulfide) groups is 1. The molecule has 2 aromatic carbocycles. The summed E-state index contributed by atoms with van der Waals surface area (Å²) in [5, 5.41) is 10.6. The van der Waals surface area contributed by atoms with Crippen molar-refractivity contribution in [1.29, 1.82) is 0 Å². The highest BCUT2D eigenvalue weighted by Crippen LogP contribution is 2.44. The van der Waals surface area contributed by atoms with Gasteiger partial charge in [0.2, 0.25) is 0 Å². The summed E-state index contributed by atoms with van der Waals surface area (Å²) >= 11 is 8.27. The SMILES string of the molecule is COc1ccc2ncc(Cl)c([C@@H](F)CCC3(CC(=O)O)CCN(CCSc4ccccc4C)CC3)c2c1. The number of aromatic nitrogens is 1. The van der Waals surface area contributed by atoms with Crippen molar-refractivity contribution in [3.05, 3.63) is 64.8 Å². The number of aryl methyl sites for hydroxylation is 1. The first-order chi connectivity index (χ1) is 17.8. The van der Waals surface area contributed by atoms with Crippen LogP contribution in [0.4, 0.5) is 4.39 Å². The molecule has 1 saturated heterocycles. The molecule has 1 fully saturated rings. The highest BCUT2D eigenvalue weighted by molar-refractivity contribution is 7.99. The highest BCUT2D eigenvalue weighted by Gasteiger charge is 2.37. The number of piperidine rings is 1. The minimum Gasteiger partial charge on any atom is -0.497 e. The first kappa shape index (κ1) is 27.7. The van der Waals surface area contributed by atoms with E-state index in [-0.39, 0.29) is 17.9 Å². The molecule has 3 aromatic rings. The fourth-order valence-electron chi connectivity index (χ4n) is 5.28. The molecule has 8 heteroatoms. The van der Waals surface area contributed by atoms with Crippen LogP contribution in [-0.2, 0) is 4.79 Å². The van der Waals surface area contributed by atoms with Crippen LogP contribution in [0.2, 0.25) is 5.02 Å². The number of likely N-dealkylation sites (tertiary alicyclic amines) is 1. The lowest BCUT2D eigenvalue weighted by molar-refractivity contribution is -0.141. The molecule has 1 atom stereocenters. The lowest BCUT2D eigenvalue weighted by Gasteiger charge is -2.41. The van der Waals surface area contributed by atoms with Gasteiger partial charge in [0.15, 0.2) is 0 Å². The predicted octanol–water partition coefficient (Wildman–Crippen LogP) is 7.35. The number of rotatable bonds is 11. The van der Waals surface area contributed by atoms with Crippen LogP contribution in [0.25, 0.3) is 10.9 Å². The number of methoxy groups -OCH3 is 1. The Balaban J connectivity index is 1.39. The van der Waals surface area contributed by atoms with Crippen LogP contribution in [0.3, 0.4) is 0 Å². The second-order valence-electron chi connectivity index (χ2n) is 9.94. The number of fused-ring (bicyclic) bond motifs is 1. The second-order valence-corrected chi connectivity index (χ2v) is 11.5. The van der Waals surface area contributed by atoms with Crippen molar-refractivity contribution in [1.82, 2.24) is 9.88 Å². The smallest absolute Gasteiger partial charge is 0.303 e. The number of carboxylic acid groups (broad SMARTS) is 1. The van der Waals surface area contributed by atoms with E-state index in [4.69, 9.17) is 16.3 Å². The summed E-state index contributed by atoms with van der Waals surface area (Å²) in [5.74, 6) is 0.775. The Bertz CT molecular complexity index is 1230. The number of halogens is 2. The van der Waals surface area contributed by atoms with Crippen molar-refractivity contribution in [2.24, 2.45) is 5.41 Å². The van der Waals surface area contributed by atoms with E-state index in [1.165, 1.54) is 16.7 Å². The minimum atomic E-state index is -1.32. The Morgan fingerprint density at radius 1 is 1.27 bits per heavy atom. The third-order valence-corrected chi connectivity index (χ3v) is 8.97. The monoisotopic (exact) mass is 544 g/mol. The van der Waals surface area contributed by atoms with Crippen LogP contribution in [0.1, 0.15) is 49.4 Å². The van der Waals surface area contributed by atoms with Crippen LogP contribution in [0.15, 0.2) is 53.6 Å². The van der Waals surface area contributed by atoms with Crippen LogP contribution < -0.4 is 4.74 Å². The molecule has 37 heavy (non-hydrogen) atoms. The van der Waals surface area contributed by atoms with Gasteiger partial charge in [-0.15, -0.1) is 11.8 Å². The van der Waals surface area contributed by atoms with Crippen molar-refractivity contribution < 1.29 is 19.0 Å². The van der Waals surface area contributed by atoms with E-state index in [9.17, 15) is 9.90 Å². The topological polar surface area (TPSA) is 62.7 Å². The molecule has 0 unspecified atom stereocenters. The third kappa shape index (κ3) is 6.95. The summed E-state index contributed by atoms with van der Waals surface area (Å²) in [6.07, 6.45) is 2.44. The zero-order chi connectivity index (χ0) is 26.4. The van der Waals surface area contributed by atoms with Gasteiger partial charge in [-0.2, -0.15) is 0 Å². The number of nitrogens with zero attached hydrogens (tertiary/aromatic N) is 2. The summed E-state index contributed by atoms with van der Waals surface area (Å²) in [6.45, 7) is 4.73. The zero-order valence-electron chi connectivity index (χ0n) is 21.4. The molecule has 2 heterocycles. The Morgan fingerprint density at radius 3 is 2.73 bits per heavy atom. The maximum Gasteiger partial charge on any atom is 0.303 e. The number of aliphatic carboxylic acids is 1. The molecule has 0 spiro atoms. The van der Waals surface area contributed by atoms with Crippen LogP contribution in [-0.4, -0.2) is 53.5 Å². The number of hydrogen-bond acceptors (Lipinski definition) is 5. The van der Waals surface area contributed by atoms with Gasteiger partial charge >= 0.3 is 5.97 Å². The predicted molar refractivity (Wildman–Crippen MR) is 149 cm³/mol. The zero-order valence-corrected chi connectivity index (χ0v) is 23.0. The van der Waals surface area contributed by atoms with Gasteiger partial charge in [-0.1, -0.05) is 29.8 Å². The number of alkyl halides is 1. The summed E-state index contributed by atoms with van der Waals surface area (Å²) in [7, 11) is 1.56. The molecule has 0 amide bonds. The van der Waals surface area contributed by atoms with E-state index in [1.54, 1.807) is 25.3 Å². The van der Waals surface area contributed by atoms with Gasteiger partial charge in [0.25, 0.3) is 0 Å². The average molecular weight is 545 g/mol. The summed E-state index contributed by atoms with van der Waals surface area (Å²) in [6, 6.07) is 13.7. The van der Waals surface area contributed by atoms with Crippen molar-refractivity contribution in [2.75, 3.05) is 32.5 Å². The molecule has 198 valence electrons. The molecular formula is C29H34ClFN2O3S. The molecular weight excluding hydrogens is 511 g/mol. The van der Waals surface area contributed by atoms with Crippen molar-refractivity contribution in [3.8, 4) is 5.75 Å². The van der Waals surface area contributed by atoms with E-state index in [0.29, 0.717) is 28.6 Å². The molecule has 5 nitrogen and oxygen atoms in total. The van der Waals surface area contributed by atoms with Gasteiger partial charge in [-0.05, 0) is 80.9 Å². The number of carbonyl (C=O) groups is 1. The van der Waals surface area contributed by atoms with Crippen LogP contribution >= 0.6 is 23.4 Å². The number of ether oxygens (including phenoxy) is 1. The number of benzene rings is 2. The maximum absolute atomic E-state index is 15.7. The van der Waals surface area contributed by atoms with E-state index >= 15 is 4.39 Å². The fourth-order valence-corrected chi connectivity index (χ4v) is 6.59. The Hall–Kier alpha value is -2.35. The third-order valence-electron chi connectivity index (χ3n) is 7.51. The Kier molecular flexibility index (Phi) is 9.32. The molecule has 1 aliphatic rings. The summed E-state index contributed by atoms with van der Waals surface area (Å²) in [4.78, 5) is 19.8. The lowest BCUT2D eigenvalue weighted by Crippen LogP contribution is -2.42. The van der Waals surface area contributed by atoms with E-state index in [1.807, 2.05) is 11.8 Å². The first-order valence-corrected chi connectivity index (χ1v) is 14.1. The molecule has 0 radical (unpaired) electrons. The molecule has 0 bridgehead atoms. The molecule has 1 aliphatic heterocycles. The van der Waals surface area contributed by atoms with Gasteiger partial charge in [-0.3, -0.25) is 9.78 Å². The molecule has 1 aromatic heterocycles. The fraction of sp³-hybridized carbons (Fsp3) is 0.448. The summed E-state index contributed by atoms with van der Waals surface area (Å²) < 4.78 is 21.1. The normalized spacial score (nSPS) is 16.5. The van der Waals surface area contributed by atoms with Crippen molar-refractivity contribution in [3.63, 3.8) is 0 Å². The van der Waals surface area contributed by atoms with Gasteiger partial charge in [-0.25, -0.2) is 4.39 Å². The van der Waals surface area contributed by atoms with Gasteiger partial charge < -0.3 is 14.7 Å². The molecule has 0 aliphatic carbocycles. The number of hydrogen-bond donors (Lipinski definition) is 1. The van der Waals surface area contributed by atoms with E-state index in [0.717, 1.165) is 38.2 Å². The minimum absolute atomic E-state index is 0.0597. The molecule has 1 N–H and O–H groups in total. The second kappa shape index (κ2) is 12.5. The largest absolute Gasteiger partial charge is 0.497 e. The lowest BCUT2D eigenvalue weighted by atomic mass is 9.71. The summed E-state index contributed by atoms with van der Waals surface area (Å²) in [5.41, 5.74) is 1.93. The van der Waals surface area contributed by atoms with E-state index in [2.05, 4.69) is 41.1 Å². The number of carboxylic acids is 1.